The Kier molecular flexibility index (Phi) is 11.1. The molecule has 1 aromatic heterocycles. The number of nitrogens with one attached hydrogen (secondary N) is 2. The van der Waals surface area contributed by atoms with Gasteiger partial charge in [-0.05, 0) is 37.5 Å². The number of hydrogen-bond donors (Lipinski definition) is 2. The van der Waals surface area contributed by atoms with E-state index in [1.807, 2.05) is 35.1 Å². The van der Waals surface area contributed by atoms with Gasteiger partial charge in [-0.15, -0.1) is 24.0 Å². The van der Waals surface area contributed by atoms with Gasteiger partial charge in [-0.2, -0.15) is 5.10 Å². The fourth-order valence-electron chi connectivity index (χ4n) is 3.98. The molecule has 0 unspecified atom stereocenters. The van der Waals surface area contributed by atoms with Crippen molar-refractivity contribution >= 4 is 35.6 Å². The summed E-state index contributed by atoms with van der Waals surface area (Å²) >= 11 is 0. The zero-order valence-electron chi connectivity index (χ0n) is 19.2. The summed E-state index contributed by atoms with van der Waals surface area (Å²) in [5.41, 5.74) is 0.915. The summed E-state index contributed by atoms with van der Waals surface area (Å²) < 4.78 is 19.5. The molecule has 33 heavy (non-hydrogen) atoms. The van der Waals surface area contributed by atoms with E-state index in [0.717, 1.165) is 55.7 Å². The molecule has 2 aliphatic rings. The Balaban J connectivity index is 0.00000306. The van der Waals surface area contributed by atoms with Gasteiger partial charge in [0.15, 0.2) is 17.5 Å². The third-order valence-electron chi connectivity index (χ3n) is 5.68. The average molecular weight is 569 g/mol. The normalized spacial score (nSPS) is 16.5. The molecule has 1 saturated carbocycles. The predicted octanol–water partition coefficient (Wildman–Crippen LogP) is 4.46. The maximum atomic E-state index is 6.04. The SMILES string of the molecule is I.c1cnn(CCNC(=NCCCOC2CCCCC2)Nc2ccc3c(c2)OCCCO3)c1. The molecule has 1 aromatic carbocycles. The minimum atomic E-state index is 0. The summed E-state index contributed by atoms with van der Waals surface area (Å²) in [4.78, 5) is 4.76. The van der Waals surface area contributed by atoms with Gasteiger partial charge in [0.25, 0.3) is 0 Å². The van der Waals surface area contributed by atoms with Crippen molar-refractivity contribution in [3.63, 3.8) is 0 Å². The van der Waals surface area contributed by atoms with E-state index in [2.05, 4.69) is 15.7 Å². The van der Waals surface area contributed by atoms with E-state index in [1.165, 1.54) is 32.1 Å². The minimum absolute atomic E-state index is 0. The van der Waals surface area contributed by atoms with Crippen LogP contribution in [0.1, 0.15) is 44.9 Å². The van der Waals surface area contributed by atoms with Gasteiger partial charge >= 0.3 is 0 Å². The first kappa shape index (κ1) is 25.6. The Bertz CT molecular complexity index is 841. The number of aromatic nitrogens is 2. The van der Waals surface area contributed by atoms with Crippen LogP contribution in [0.2, 0.25) is 0 Å². The zero-order chi connectivity index (χ0) is 21.8. The van der Waals surface area contributed by atoms with Crippen LogP contribution in [-0.4, -0.2) is 54.8 Å². The van der Waals surface area contributed by atoms with Crippen LogP contribution in [0, 0.1) is 0 Å². The molecular formula is C24H36IN5O3. The van der Waals surface area contributed by atoms with Gasteiger partial charge in [0.05, 0.1) is 25.9 Å². The van der Waals surface area contributed by atoms with E-state index >= 15 is 0 Å². The fraction of sp³-hybridized carbons (Fsp3) is 0.583. The topological polar surface area (TPSA) is 81.9 Å². The van der Waals surface area contributed by atoms with Gasteiger partial charge in [0.1, 0.15) is 0 Å². The van der Waals surface area contributed by atoms with E-state index in [1.54, 1.807) is 6.20 Å². The molecule has 0 bridgehead atoms. The second-order valence-electron chi connectivity index (χ2n) is 8.25. The maximum absolute atomic E-state index is 6.04. The highest BCUT2D eigenvalue weighted by Crippen LogP contribution is 2.32. The number of anilines is 1. The molecule has 182 valence electrons. The van der Waals surface area contributed by atoms with Gasteiger partial charge in [-0.1, -0.05) is 19.3 Å². The van der Waals surface area contributed by atoms with Gasteiger partial charge in [-0.3, -0.25) is 9.67 Å². The minimum Gasteiger partial charge on any atom is -0.490 e. The summed E-state index contributed by atoms with van der Waals surface area (Å²) in [6.45, 7) is 4.30. The Morgan fingerprint density at radius 1 is 1.12 bits per heavy atom. The highest BCUT2D eigenvalue weighted by atomic mass is 127. The number of nitrogens with zero attached hydrogens (tertiary/aromatic N) is 3. The first-order valence-electron chi connectivity index (χ1n) is 11.9. The molecular weight excluding hydrogens is 533 g/mol. The number of fused-ring (bicyclic) bond motifs is 1. The lowest BCUT2D eigenvalue weighted by Gasteiger charge is -2.21. The third-order valence-corrected chi connectivity index (χ3v) is 5.68. The molecule has 0 amide bonds. The summed E-state index contributed by atoms with van der Waals surface area (Å²) in [6.07, 6.45) is 12.3. The number of rotatable bonds is 9. The molecule has 1 aliphatic carbocycles. The molecule has 1 aliphatic heterocycles. The van der Waals surface area contributed by atoms with Crippen molar-refractivity contribution in [3.8, 4) is 11.5 Å². The number of guanidine groups is 1. The summed E-state index contributed by atoms with van der Waals surface area (Å²) in [5, 5.41) is 11.1. The monoisotopic (exact) mass is 569 g/mol. The molecule has 9 heteroatoms. The lowest BCUT2D eigenvalue weighted by molar-refractivity contribution is 0.0281. The maximum Gasteiger partial charge on any atom is 0.195 e. The highest BCUT2D eigenvalue weighted by Gasteiger charge is 2.13. The summed E-state index contributed by atoms with van der Waals surface area (Å²) in [5.74, 6) is 2.30. The van der Waals surface area contributed by atoms with Crippen LogP contribution in [0.5, 0.6) is 11.5 Å². The predicted molar refractivity (Wildman–Crippen MR) is 141 cm³/mol. The molecule has 0 spiro atoms. The van der Waals surface area contributed by atoms with Crippen molar-refractivity contribution in [2.75, 3.05) is 38.2 Å². The third kappa shape index (κ3) is 8.69. The highest BCUT2D eigenvalue weighted by molar-refractivity contribution is 14.0. The second-order valence-corrected chi connectivity index (χ2v) is 8.25. The zero-order valence-corrected chi connectivity index (χ0v) is 21.5. The number of hydrogen-bond acceptors (Lipinski definition) is 5. The Hall–Kier alpha value is -2.01. The van der Waals surface area contributed by atoms with E-state index in [-0.39, 0.29) is 24.0 Å². The molecule has 1 fully saturated rings. The first-order chi connectivity index (χ1) is 15.9. The van der Waals surface area contributed by atoms with Crippen molar-refractivity contribution in [3.05, 3.63) is 36.7 Å². The largest absolute Gasteiger partial charge is 0.490 e. The van der Waals surface area contributed by atoms with Crippen molar-refractivity contribution in [2.45, 2.75) is 57.6 Å². The van der Waals surface area contributed by atoms with E-state index in [4.69, 9.17) is 19.2 Å². The van der Waals surface area contributed by atoms with Crippen LogP contribution in [0.25, 0.3) is 0 Å². The molecule has 0 radical (unpaired) electrons. The van der Waals surface area contributed by atoms with Crippen molar-refractivity contribution in [1.29, 1.82) is 0 Å². The summed E-state index contributed by atoms with van der Waals surface area (Å²) in [7, 11) is 0. The van der Waals surface area contributed by atoms with Crippen LogP contribution < -0.4 is 20.1 Å². The van der Waals surface area contributed by atoms with Crippen molar-refractivity contribution in [2.24, 2.45) is 4.99 Å². The Morgan fingerprint density at radius 2 is 1.97 bits per heavy atom. The molecule has 8 nitrogen and oxygen atoms in total. The van der Waals surface area contributed by atoms with Crippen molar-refractivity contribution in [1.82, 2.24) is 15.1 Å². The second kappa shape index (κ2) is 14.3. The number of aliphatic imine (C=N–C) groups is 1. The van der Waals surface area contributed by atoms with Gasteiger partial charge < -0.3 is 24.8 Å². The number of benzene rings is 1. The smallest absolute Gasteiger partial charge is 0.195 e. The van der Waals surface area contributed by atoms with Gasteiger partial charge in [0.2, 0.25) is 0 Å². The summed E-state index contributed by atoms with van der Waals surface area (Å²) in [6, 6.07) is 7.83. The molecule has 0 atom stereocenters. The van der Waals surface area contributed by atoms with Crippen LogP contribution >= 0.6 is 24.0 Å². The van der Waals surface area contributed by atoms with E-state index in [0.29, 0.717) is 25.9 Å². The van der Waals surface area contributed by atoms with Crippen molar-refractivity contribution < 1.29 is 14.2 Å². The molecule has 4 rings (SSSR count). The van der Waals surface area contributed by atoms with Gasteiger partial charge in [0, 0.05) is 50.3 Å². The molecule has 2 N–H and O–H groups in total. The van der Waals surface area contributed by atoms with Crippen LogP contribution in [0.15, 0.2) is 41.7 Å². The molecule has 2 heterocycles. The average Bonchev–Trinajstić information content (AvgIpc) is 3.23. The molecule has 2 aromatic rings. The first-order valence-corrected chi connectivity index (χ1v) is 11.9. The number of ether oxygens (including phenoxy) is 3. The van der Waals surface area contributed by atoms with E-state index < -0.39 is 0 Å². The van der Waals surface area contributed by atoms with E-state index in [9.17, 15) is 0 Å². The lowest BCUT2D eigenvalue weighted by Crippen LogP contribution is -2.33. The quantitative estimate of drug-likeness (QED) is 0.201. The van der Waals surface area contributed by atoms with Crippen LogP contribution in [-0.2, 0) is 11.3 Å². The Labute approximate surface area is 213 Å². The fourth-order valence-corrected chi connectivity index (χ4v) is 3.98. The molecule has 0 saturated heterocycles. The standard InChI is InChI=1S/C24H35N5O3.HI/c1-2-7-21(8-3-1)30-16-5-11-25-24(26-13-15-29-14-4-12-27-29)28-20-9-10-22-23(19-20)32-18-6-17-31-22;/h4,9-10,12,14,19,21H,1-3,5-8,11,13,15-18H2,(H2,25,26,28);1H. The number of halogens is 1. The van der Waals surface area contributed by atoms with Crippen LogP contribution in [0.4, 0.5) is 5.69 Å². The van der Waals surface area contributed by atoms with Crippen LogP contribution in [0.3, 0.4) is 0 Å². The Morgan fingerprint density at radius 3 is 2.79 bits per heavy atom. The van der Waals surface area contributed by atoms with Gasteiger partial charge in [-0.25, -0.2) is 0 Å². The lowest BCUT2D eigenvalue weighted by atomic mass is 9.98.